The van der Waals surface area contributed by atoms with E-state index in [1.54, 1.807) is 26.0 Å². The van der Waals surface area contributed by atoms with Crippen LogP contribution in [0, 0.1) is 5.92 Å². The molecular formula is C17H19F2N3O3. The molecule has 134 valence electrons. The quantitative estimate of drug-likeness (QED) is 0.839. The van der Waals surface area contributed by atoms with Gasteiger partial charge in [0.25, 0.3) is 0 Å². The Bertz CT molecular complexity index is 781. The zero-order valence-electron chi connectivity index (χ0n) is 14.0. The number of alkyl halides is 2. The second-order valence-corrected chi connectivity index (χ2v) is 5.80. The number of benzene rings is 1. The SMILES string of the molecule is CC(=O)NC(C(=O)Nc1ccc(OC(F)F)c2ncccc12)C(C)C. The van der Waals surface area contributed by atoms with E-state index >= 15 is 0 Å². The van der Waals surface area contributed by atoms with Crippen LogP contribution in [0.4, 0.5) is 14.5 Å². The van der Waals surface area contributed by atoms with E-state index in [4.69, 9.17) is 0 Å². The number of ether oxygens (including phenoxy) is 1. The van der Waals surface area contributed by atoms with Gasteiger partial charge in [-0.25, -0.2) is 0 Å². The third-order valence-electron chi connectivity index (χ3n) is 3.51. The molecule has 0 aliphatic rings. The number of pyridine rings is 1. The third-order valence-corrected chi connectivity index (χ3v) is 3.51. The van der Waals surface area contributed by atoms with Crippen LogP contribution in [0.5, 0.6) is 5.75 Å². The van der Waals surface area contributed by atoms with E-state index in [0.29, 0.717) is 11.1 Å². The van der Waals surface area contributed by atoms with Gasteiger partial charge in [-0.15, -0.1) is 0 Å². The summed E-state index contributed by atoms with van der Waals surface area (Å²) in [7, 11) is 0. The summed E-state index contributed by atoms with van der Waals surface area (Å²) < 4.78 is 29.5. The van der Waals surface area contributed by atoms with Gasteiger partial charge in [0.05, 0.1) is 5.69 Å². The minimum atomic E-state index is -2.98. The fourth-order valence-corrected chi connectivity index (χ4v) is 2.41. The smallest absolute Gasteiger partial charge is 0.387 e. The van der Waals surface area contributed by atoms with Crippen molar-refractivity contribution in [1.29, 1.82) is 0 Å². The Morgan fingerprint density at radius 1 is 1.20 bits per heavy atom. The summed E-state index contributed by atoms with van der Waals surface area (Å²) in [5.41, 5.74) is 0.604. The average molecular weight is 351 g/mol. The summed E-state index contributed by atoms with van der Waals surface area (Å²) in [5.74, 6) is -0.931. The Hall–Kier alpha value is -2.77. The second-order valence-electron chi connectivity index (χ2n) is 5.80. The number of rotatable bonds is 6. The van der Waals surface area contributed by atoms with Crippen molar-refractivity contribution in [2.24, 2.45) is 5.92 Å². The van der Waals surface area contributed by atoms with E-state index in [2.05, 4.69) is 20.4 Å². The fraction of sp³-hybridized carbons (Fsp3) is 0.353. The first-order chi connectivity index (χ1) is 11.8. The molecule has 2 amide bonds. The molecule has 1 aromatic carbocycles. The zero-order chi connectivity index (χ0) is 18.6. The molecule has 0 spiro atoms. The van der Waals surface area contributed by atoms with Crippen LogP contribution in [0.15, 0.2) is 30.5 Å². The van der Waals surface area contributed by atoms with E-state index in [0.717, 1.165) is 0 Å². The van der Waals surface area contributed by atoms with Crippen molar-refractivity contribution >= 4 is 28.4 Å². The number of hydrogen-bond acceptors (Lipinski definition) is 4. The lowest BCUT2D eigenvalue weighted by molar-refractivity contribution is -0.126. The number of nitrogens with zero attached hydrogens (tertiary/aromatic N) is 1. The Labute approximate surface area is 143 Å². The first kappa shape index (κ1) is 18.6. The molecule has 0 saturated carbocycles. The van der Waals surface area contributed by atoms with Crippen molar-refractivity contribution < 1.29 is 23.1 Å². The average Bonchev–Trinajstić information content (AvgIpc) is 2.54. The van der Waals surface area contributed by atoms with Crippen LogP contribution in [-0.4, -0.2) is 29.5 Å². The summed E-state index contributed by atoms with van der Waals surface area (Å²) in [6.07, 6.45) is 1.44. The van der Waals surface area contributed by atoms with Gasteiger partial charge in [0, 0.05) is 18.5 Å². The number of anilines is 1. The lowest BCUT2D eigenvalue weighted by Crippen LogP contribution is -2.46. The zero-order valence-corrected chi connectivity index (χ0v) is 14.0. The van der Waals surface area contributed by atoms with Crippen molar-refractivity contribution in [3.63, 3.8) is 0 Å². The summed E-state index contributed by atoms with van der Waals surface area (Å²) in [6, 6.07) is 5.32. The highest BCUT2D eigenvalue weighted by Crippen LogP contribution is 2.31. The molecule has 2 rings (SSSR count). The highest BCUT2D eigenvalue weighted by atomic mass is 19.3. The van der Waals surface area contributed by atoms with Crippen LogP contribution in [-0.2, 0) is 9.59 Å². The van der Waals surface area contributed by atoms with Crippen LogP contribution >= 0.6 is 0 Å². The first-order valence-corrected chi connectivity index (χ1v) is 7.70. The number of carbonyl (C=O) groups excluding carboxylic acids is 2. The number of aromatic nitrogens is 1. The fourth-order valence-electron chi connectivity index (χ4n) is 2.41. The normalized spacial score (nSPS) is 12.3. The maximum absolute atomic E-state index is 12.5. The van der Waals surface area contributed by atoms with E-state index < -0.39 is 18.6 Å². The summed E-state index contributed by atoms with van der Waals surface area (Å²) in [6.45, 7) is 1.97. The van der Waals surface area contributed by atoms with Crippen LogP contribution < -0.4 is 15.4 Å². The lowest BCUT2D eigenvalue weighted by Gasteiger charge is -2.21. The van der Waals surface area contributed by atoms with E-state index in [1.165, 1.54) is 25.3 Å². The molecule has 2 aromatic rings. The largest absolute Gasteiger partial charge is 0.432 e. The van der Waals surface area contributed by atoms with Crippen LogP contribution in [0.25, 0.3) is 10.9 Å². The molecule has 0 aliphatic heterocycles. The predicted octanol–water partition coefficient (Wildman–Crippen LogP) is 2.94. The standard InChI is InChI=1S/C17H19F2N3O3/c1-9(2)14(21-10(3)23)16(24)22-12-6-7-13(25-17(18)19)15-11(12)5-4-8-20-15/h4-9,14,17H,1-3H3,(H,21,23)(H,22,24). The summed E-state index contributed by atoms with van der Waals surface area (Å²) >= 11 is 0. The van der Waals surface area contributed by atoms with Crippen molar-refractivity contribution in [1.82, 2.24) is 10.3 Å². The van der Waals surface area contributed by atoms with Crippen LogP contribution in [0.2, 0.25) is 0 Å². The second kappa shape index (κ2) is 7.87. The maximum atomic E-state index is 12.5. The Morgan fingerprint density at radius 2 is 1.92 bits per heavy atom. The number of nitrogens with one attached hydrogen (secondary N) is 2. The molecule has 1 atom stereocenters. The predicted molar refractivity (Wildman–Crippen MR) is 89.4 cm³/mol. The van der Waals surface area contributed by atoms with Gasteiger partial charge in [-0.05, 0) is 30.2 Å². The Balaban J connectivity index is 2.35. The number of hydrogen-bond donors (Lipinski definition) is 2. The molecule has 1 aromatic heterocycles. The highest BCUT2D eigenvalue weighted by Gasteiger charge is 2.24. The topological polar surface area (TPSA) is 80.3 Å². The van der Waals surface area contributed by atoms with Gasteiger partial charge in [0.15, 0.2) is 5.75 Å². The van der Waals surface area contributed by atoms with Crippen molar-refractivity contribution in [3.8, 4) is 5.75 Å². The molecule has 25 heavy (non-hydrogen) atoms. The van der Waals surface area contributed by atoms with E-state index in [9.17, 15) is 18.4 Å². The van der Waals surface area contributed by atoms with Gasteiger partial charge in [-0.3, -0.25) is 14.6 Å². The van der Waals surface area contributed by atoms with Crippen LogP contribution in [0.1, 0.15) is 20.8 Å². The molecule has 0 fully saturated rings. The first-order valence-electron chi connectivity index (χ1n) is 7.70. The molecule has 8 heteroatoms. The molecule has 0 saturated heterocycles. The molecule has 1 heterocycles. The molecule has 0 radical (unpaired) electrons. The number of halogens is 2. The minimum Gasteiger partial charge on any atom is -0.432 e. The van der Waals surface area contributed by atoms with Gasteiger partial charge in [-0.2, -0.15) is 8.78 Å². The van der Waals surface area contributed by atoms with Gasteiger partial charge in [0.1, 0.15) is 11.6 Å². The number of amides is 2. The number of carbonyl (C=O) groups is 2. The van der Waals surface area contributed by atoms with Crippen molar-refractivity contribution in [3.05, 3.63) is 30.5 Å². The molecule has 0 bridgehead atoms. The molecule has 0 aliphatic carbocycles. The van der Waals surface area contributed by atoms with Gasteiger partial charge in [-0.1, -0.05) is 13.8 Å². The highest BCUT2D eigenvalue weighted by molar-refractivity contribution is 6.05. The van der Waals surface area contributed by atoms with Gasteiger partial charge >= 0.3 is 6.61 Å². The Kier molecular flexibility index (Phi) is 5.84. The van der Waals surface area contributed by atoms with E-state index in [-0.39, 0.29) is 23.1 Å². The van der Waals surface area contributed by atoms with Gasteiger partial charge in [0.2, 0.25) is 11.8 Å². The third kappa shape index (κ3) is 4.62. The van der Waals surface area contributed by atoms with Crippen LogP contribution in [0.3, 0.4) is 0 Å². The minimum absolute atomic E-state index is 0.0779. The number of fused-ring (bicyclic) bond motifs is 1. The van der Waals surface area contributed by atoms with E-state index in [1.807, 2.05) is 0 Å². The Morgan fingerprint density at radius 3 is 2.52 bits per heavy atom. The molecular weight excluding hydrogens is 332 g/mol. The summed E-state index contributed by atoms with van der Waals surface area (Å²) in [5, 5.41) is 5.77. The maximum Gasteiger partial charge on any atom is 0.387 e. The van der Waals surface area contributed by atoms with Crippen molar-refractivity contribution in [2.45, 2.75) is 33.4 Å². The van der Waals surface area contributed by atoms with Crippen molar-refractivity contribution in [2.75, 3.05) is 5.32 Å². The molecule has 6 nitrogen and oxygen atoms in total. The molecule has 2 N–H and O–H groups in total. The lowest BCUT2D eigenvalue weighted by atomic mass is 10.0. The molecule has 1 unspecified atom stereocenters. The summed E-state index contributed by atoms with van der Waals surface area (Å²) in [4.78, 5) is 27.8. The monoisotopic (exact) mass is 351 g/mol. The van der Waals surface area contributed by atoms with Gasteiger partial charge < -0.3 is 15.4 Å².